The Morgan fingerprint density at radius 1 is 1.33 bits per heavy atom. The summed E-state index contributed by atoms with van der Waals surface area (Å²) in [6.07, 6.45) is 0. The molecule has 2 aromatic rings. The van der Waals surface area contributed by atoms with Gasteiger partial charge in [-0.3, -0.25) is 0 Å². The average Bonchev–Trinajstić information content (AvgIpc) is 2.53. The Hall–Kier alpha value is -1.28. The van der Waals surface area contributed by atoms with E-state index in [1.807, 2.05) is 0 Å². The third-order valence-corrected chi connectivity index (χ3v) is 3.23. The van der Waals surface area contributed by atoms with Crippen molar-refractivity contribution >= 4 is 10.9 Å². The molecule has 0 fully saturated rings. The Morgan fingerprint density at radius 3 is 2.73 bits per heavy atom. The van der Waals surface area contributed by atoms with Crippen LogP contribution in [0.3, 0.4) is 0 Å². The van der Waals surface area contributed by atoms with Crippen molar-refractivity contribution in [3.05, 3.63) is 35.5 Å². The summed E-state index contributed by atoms with van der Waals surface area (Å²) in [6, 6.07) is 8.84. The second-order valence-electron chi connectivity index (χ2n) is 4.30. The van der Waals surface area contributed by atoms with Gasteiger partial charge in [-0.2, -0.15) is 0 Å². The van der Waals surface area contributed by atoms with Crippen molar-refractivity contribution < 1.29 is 0 Å². The van der Waals surface area contributed by atoms with Crippen LogP contribution in [0.4, 0.5) is 0 Å². The molecule has 0 aliphatic rings. The van der Waals surface area contributed by atoms with Gasteiger partial charge in [0.25, 0.3) is 0 Å². The number of benzene rings is 1. The van der Waals surface area contributed by atoms with E-state index in [2.05, 4.69) is 49.7 Å². The highest BCUT2D eigenvalue weighted by Crippen LogP contribution is 2.23. The van der Waals surface area contributed by atoms with Crippen LogP contribution in [-0.2, 0) is 7.05 Å². The molecule has 1 aromatic carbocycles. The summed E-state index contributed by atoms with van der Waals surface area (Å²) in [5.41, 5.74) is 9.59. The van der Waals surface area contributed by atoms with Gasteiger partial charge in [-0.1, -0.05) is 13.0 Å². The molecule has 0 spiro atoms. The van der Waals surface area contributed by atoms with Gasteiger partial charge < -0.3 is 10.3 Å². The van der Waals surface area contributed by atoms with E-state index in [4.69, 9.17) is 5.73 Å². The molecule has 0 amide bonds. The van der Waals surface area contributed by atoms with Crippen molar-refractivity contribution in [1.82, 2.24) is 4.57 Å². The zero-order valence-corrected chi connectivity index (χ0v) is 9.62. The van der Waals surface area contributed by atoms with Crippen molar-refractivity contribution in [2.45, 2.75) is 19.8 Å². The molecular weight excluding hydrogens is 184 g/mol. The van der Waals surface area contributed by atoms with E-state index in [0.29, 0.717) is 12.5 Å². The van der Waals surface area contributed by atoms with E-state index < -0.39 is 0 Å². The van der Waals surface area contributed by atoms with Gasteiger partial charge in [0.15, 0.2) is 0 Å². The van der Waals surface area contributed by atoms with Gasteiger partial charge in [-0.25, -0.2) is 0 Å². The Bertz CT molecular complexity index is 482. The number of hydrogen-bond acceptors (Lipinski definition) is 1. The molecule has 1 aromatic heterocycles. The van der Waals surface area contributed by atoms with Gasteiger partial charge in [0.05, 0.1) is 0 Å². The lowest BCUT2D eigenvalue weighted by Gasteiger charge is -2.08. The van der Waals surface area contributed by atoms with Crippen LogP contribution in [0.25, 0.3) is 10.9 Å². The molecule has 1 heterocycles. The Balaban J connectivity index is 2.57. The molecule has 2 N–H and O–H groups in total. The van der Waals surface area contributed by atoms with Gasteiger partial charge >= 0.3 is 0 Å². The number of hydrogen-bond donors (Lipinski definition) is 1. The highest BCUT2D eigenvalue weighted by atomic mass is 14.9. The third-order valence-electron chi connectivity index (χ3n) is 3.23. The maximum Gasteiger partial charge on any atom is 0.0479 e. The minimum absolute atomic E-state index is 0.440. The fourth-order valence-electron chi connectivity index (χ4n) is 1.95. The minimum atomic E-state index is 0.440. The lowest BCUT2D eigenvalue weighted by atomic mass is 10.00. The standard InChI is InChI=1S/C13H18N2/c1-9(8-14)11-4-5-13-12(7-11)6-10(2)15(13)3/h4-7,9H,8,14H2,1-3H3. The second-order valence-corrected chi connectivity index (χ2v) is 4.30. The first-order chi connectivity index (χ1) is 7.13. The van der Waals surface area contributed by atoms with E-state index in [0.717, 1.165) is 0 Å². The van der Waals surface area contributed by atoms with Gasteiger partial charge in [0.1, 0.15) is 0 Å². The molecule has 0 bridgehead atoms. The number of rotatable bonds is 2. The summed E-state index contributed by atoms with van der Waals surface area (Å²) >= 11 is 0. The number of nitrogens with two attached hydrogens (primary N) is 1. The Kier molecular flexibility index (Phi) is 2.53. The lowest BCUT2D eigenvalue weighted by Crippen LogP contribution is -2.08. The predicted octanol–water partition coefficient (Wildman–Crippen LogP) is 2.55. The molecule has 0 radical (unpaired) electrons. The zero-order chi connectivity index (χ0) is 11.0. The van der Waals surface area contributed by atoms with Crippen LogP contribution < -0.4 is 5.73 Å². The zero-order valence-electron chi connectivity index (χ0n) is 9.62. The SMILES string of the molecule is Cc1cc2cc(C(C)CN)ccc2n1C. The molecule has 1 atom stereocenters. The summed E-state index contributed by atoms with van der Waals surface area (Å²) in [6.45, 7) is 5.00. The van der Waals surface area contributed by atoms with Crippen LogP contribution in [0, 0.1) is 6.92 Å². The van der Waals surface area contributed by atoms with Crippen molar-refractivity contribution in [1.29, 1.82) is 0 Å². The van der Waals surface area contributed by atoms with Crippen LogP contribution in [0.5, 0.6) is 0 Å². The Morgan fingerprint density at radius 2 is 2.07 bits per heavy atom. The van der Waals surface area contributed by atoms with Gasteiger partial charge in [-0.05, 0) is 43.1 Å². The normalized spacial score (nSPS) is 13.3. The van der Waals surface area contributed by atoms with Gasteiger partial charge in [0, 0.05) is 23.6 Å². The fraction of sp³-hybridized carbons (Fsp3) is 0.385. The highest BCUT2D eigenvalue weighted by Gasteiger charge is 2.06. The van der Waals surface area contributed by atoms with Crippen molar-refractivity contribution in [3.63, 3.8) is 0 Å². The van der Waals surface area contributed by atoms with E-state index in [-0.39, 0.29) is 0 Å². The second kappa shape index (κ2) is 3.70. The van der Waals surface area contributed by atoms with Crippen LogP contribution >= 0.6 is 0 Å². The third kappa shape index (κ3) is 1.65. The summed E-state index contributed by atoms with van der Waals surface area (Å²) in [7, 11) is 2.10. The molecule has 0 aliphatic heterocycles. The number of nitrogens with zero attached hydrogens (tertiary/aromatic N) is 1. The number of fused-ring (bicyclic) bond motifs is 1. The van der Waals surface area contributed by atoms with Crippen LogP contribution in [-0.4, -0.2) is 11.1 Å². The summed E-state index contributed by atoms with van der Waals surface area (Å²) < 4.78 is 2.21. The topological polar surface area (TPSA) is 30.9 Å². The quantitative estimate of drug-likeness (QED) is 0.797. The van der Waals surface area contributed by atoms with E-state index in [1.165, 1.54) is 22.2 Å². The molecule has 15 heavy (non-hydrogen) atoms. The molecule has 1 unspecified atom stereocenters. The summed E-state index contributed by atoms with van der Waals surface area (Å²) in [4.78, 5) is 0. The highest BCUT2D eigenvalue weighted by molar-refractivity contribution is 5.82. The van der Waals surface area contributed by atoms with Gasteiger partial charge in [-0.15, -0.1) is 0 Å². The summed E-state index contributed by atoms with van der Waals surface area (Å²) in [5.74, 6) is 0.440. The first-order valence-corrected chi connectivity index (χ1v) is 5.39. The predicted molar refractivity (Wildman–Crippen MR) is 65.1 cm³/mol. The van der Waals surface area contributed by atoms with Crippen molar-refractivity contribution in [3.8, 4) is 0 Å². The molecule has 2 rings (SSSR count). The number of aromatic nitrogens is 1. The lowest BCUT2D eigenvalue weighted by molar-refractivity contribution is 0.775. The fourth-order valence-corrected chi connectivity index (χ4v) is 1.95. The first-order valence-electron chi connectivity index (χ1n) is 5.39. The number of aryl methyl sites for hydroxylation is 2. The molecule has 2 nitrogen and oxygen atoms in total. The van der Waals surface area contributed by atoms with E-state index in [9.17, 15) is 0 Å². The monoisotopic (exact) mass is 202 g/mol. The molecule has 2 heteroatoms. The van der Waals surface area contributed by atoms with Crippen molar-refractivity contribution in [2.75, 3.05) is 6.54 Å². The van der Waals surface area contributed by atoms with Crippen molar-refractivity contribution in [2.24, 2.45) is 12.8 Å². The van der Waals surface area contributed by atoms with Gasteiger partial charge in [0.2, 0.25) is 0 Å². The largest absolute Gasteiger partial charge is 0.348 e. The molecule has 80 valence electrons. The first kappa shape index (κ1) is 10.2. The van der Waals surface area contributed by atoms with Crippen LogP contribution in [0.1, 0.15) is 24.1 Å². The molecule has 0 aliphatic carbocycles. The summed E-state index contributed by atoms with van der Waals surface area (Å²) in [5, 5.41) is 1.31. The molecular formula is C13H18N2. The minimum Gasteiger partial charge on any atom is -0.348 e. The van der Waals surface area contributed by atoms with Crippen LogP contribution in [0.15, 0.2) is 24.3 Å². The smallest absolute Gasteiger partial charge is 0.0479 e. The van der Waals surface area contributed by atoms with E-state index in [1.54, 1.807) is 0 Å². The van der Waals surface area contributed by atoms with E-state index >= 15 is 0 Å². The van der Waals surface area contributed by atoms with Crippen LogP contribution in [0.2, 0.25) is 0 Å². The average molecular weight is 202 g/mol. The maximum atomic E-state index is 5.68. The molecule has 0 saturated carbocycles. The Labute approximate surface area is 90.7 Å². The maximum absolute atomic E-state index is 5.68. The molecule has 0 saturated heterocycles.